The van der Waals surface area contributed by atoms with Gasteiger partial charge in [-0.15, -0.1) is 0 Å². The van der Waals surface area contributed by atoms with Crippen LogP contribution in [0.2, 0.25) is 0 Å². The smallest absolute Gasteiger partial charge is 0.322 e. The third-order valence-corrected chi connectivity index (χ3v) is 3.62. The van der Waals surface area contributed by atoms with Gasteiger partial charge in [-0.05, 0) is 24.3 Å². The van der Waals surface area contributed by atoms with Gasteiger partial charge in [0.1, 0.15) is 11.1 Å². The molecule has 0 fully saturated rings. The largest absolute Gasteiger partial charge is 0.502 e. The van der Waals surface area contributed by atoms with Crippen LogP contribution in [0.5, 0.6) is 11.5 Å². The van der Waals surface area contributed by atoms with Gasteiger partial charge in [0.05, 0.1) is 9.85 Å². The molecule has 10 heteroatoms. The average Bonchev–Trinajstić information content (AvgIpc) is 2.51. The summed E-state index contributed by atoms with van der Waals surface area (Å²) >= 11 is 0. The van der Waals surface area contributed by atoms with Crippen LogP contribution in [0, 0.1) is 20.2 Å². The highest BCUT2D eigenvalue weighted by Gasteiger charge is 2.42. The molecule has 3 rings (SSSR count). The zero-order valence-corrected chi connectivity index (χ0v) is 11.5. The Morgan fingerprint density at radius 1 is 0.708 bits per heavy atom. The fourth-order valence-corrected chi connectivity index (χ4v) is 2.64. The number of nitro groups is 2. The van der Waals surface area contributed by atoms with Crippen molar-refractivity contribution in [3.05, 3.63) is 66.7 Å². The Morgan fingerprint density at radius 3 is 1.42 bits per heavy atom. The number of rotatable bonds is 2. The molecule has 2 aromatic carbocycles. The zero-order chi connectivity index (χ0) is 17.8. The molecule has 0 radical (unpaired) electrons. The Bertz CT molecular complexity index is 904. The van der Waals surface area contributed by atoms with Gasteiger partial charge in [0.15, 0.2) is 17.3 Å². The quantitative estimate of drug-likeness (QED) is 0.530. The molecule has 120 valence electrons. The minimum atomic E-state index is -1.19. The number of aromatic hydroxyl groups is 2. The number of nitro benzene ring substituents is 2. The number of phenolic OH excluding ortho intramolecular Hbond substituents is 2. The number of nitrogens with zero attached hydrogens (tertiary/aromatic N) is 2. The van der Waals surface area contributed by atoms with Gasteiger partial charge in [-0.25, -0.2) is 0 Å². The van der Waals surface area contributed by atoms with E-state index in [0.717, 1.165) is 24.3 Å². The third kappa shape index (κ3) is 1.83. The summed E-state index contributed by atoms with van der Waals surface area (Å²) in [6.45, 7) is 0. The summed E-state index contributed by atoms with van der Waals surface area (Å²) in [6, 6.07) is 3.84. The molecule has 0 bridgehead atoms. The Kier molecular flexibility index (Phi) is 3.04. The van der Waals surface area contributed by atoms with Crippen LogP contribution in [-0.4, -0.2) is 31.6 Å². The average molecular weight is 330 g/mol. The van der Waals surface area contributed by atoms with Crippen molar-refractivity contribution in [1.82, 2.24) is 0 Å². The molecule has 10 nitrogen and oxygen atoms in total. The second kappa shape index (κ2) is 4.84. The number of hydrogen-bond acceptors (Lipinski definition) is 8. The van der Waals surface area contributed by atoms with Gasteiger partial charge in [0, 0.05) is 11.1 Å². The first-order valence-electron chi connectivity index (χ1n) is 6.35. The topological polar surface area (TPSA) is 161 Å². The molecule has 2 aromatic rings. The molecule has 2 N–H and O–H groups in total. The van der Waals surface area contributed by atoms with Crippen LogP contribution in [0.3, 0.4) is 0 Å². The van der Waals surface area contributed by atoms with E-state index in [0.29, 0.717) is 0 Å². The van der Waals surface area contributed by atoms with E-state index in [-0.39, 0.29) is 11.1 Å². The molecule has 0 atom stereocenters. The predicted molar refractivity (Wildman–Crippen MR) is 76.4 cm³/mol. The molecule has 0 amide bonds. The van der Waals surface area contributed by atoms with E-state index in [1.165, 1.54) is 0 Å². The summed E-state index contributed by atoms with van der Waals surface area (Å²) in [4.78, 5) is 45.3. The maximum Gasteiger partial charge on any atom is 0.322 e. The van der Waals surface area contributed by atoms with Crippen LogP contribution in [0.25, 0.3) is 0 Å². The minimum absolute atomic E-state index is 0.350. The van der Waals surface area contributed by atoms with E-state index in [2.05, 4.69) is 0 Å². The van der Waals surface area contributed by atoms with Gasteiger partial charge in [0.25, 0.3) is 0 Å². The van der Waals surface area contributed by atoms with E-state index in [4.69, 9.17) is 0 Å². The Morgan fingerprint density at radius 2 is 1.08 bits per heavy atom. The fourth-order valence-electron chi connectivity index (χ4n) is 2.64. The van der Waals surface area contributed by atoms with Crippen LogP contribution in [-0.2, 0) is 0 Å². The van der Waals surface area contributed by atoms with E-state index in [1.54, 1.807) is 0 Å². The first kappa shape index (κ1) is 15.1. The highest BCUT2D eigenvalue weighted by molar-refractivity contribution is 6.31. The van der Waals surface area contributed by atoms with E-state index >= 15 is 0 Å². The van der Waals surface area contributed by atoms with Crippen molar-refractivity contribution in [2.45, 2.75) is 0 Å². The Labute approximate surface area is 131 Å². The second-order valence-electron chi connectivity index (χ2n) is 4.88. The molecular weight excluding hydrogens is 324 g/mol. The summed E-state index contributed by atoms with van der Waals surface area (Å²) in [5, 5.41) is 41.6. The fraction of sp³-hybridized carbons (Fsp3) is 0. The first-order chi connectivity index (χ1) is 11.3. The monoisotopic (exact) mass is 330 g/mol. The zero-order valence-electron chi connectivity index (χ0n) is 11.5. The number of carbonyl (C=O) groups excluding carboxylic acids is 2. The first-order valence-corrected chi connectivity index (χ1v) is 6.35. The van der Waals surface area contributed by atoms with Gasteiger partial charge in [-0.3, -0.25) is 29.8 Å². The van der Waals surface area contributed by atoms with Crippen molar-refractivity contribution in [3.63, 3.8) is 0 Å². The number of phenols is 2. The highest BCUT2D eigenvalue weighted by atomic mass is 16.6. The molecule has 0 heterocycles. The maximum atomic E-state index is 12.6. The van der Waals surface area contributed by atoms with E-state index in [9.17, 15) is 40.0 Å². The van der Waals surface area contributed by atoms with E-state index in [1.807, 2.05) is 0 Å². The molecule has 0 saturated heterocycles. The lowest BCUT2D eigenvalue weighted by Crippen LogP contribution is -2.23. The summed E-state index contributed by atoms with van der Waals surface area (Å²) in [6.07, 6.45) is 0. The molecule has 0 spiro atoms. The lowest BCUT2D eigenvalue weighted by molar-refractivity contribution is -0.386. The molecular formula is C14H6N2O8. The van der Waals surface area contributed by atoms with Gasteiger partial charge in [-0.2, -0.15) is 0 Å². The van der Waals surface area contributed by atoms with Crippen LogP contribution >= 0.6 is 0 Å². The third-order valence-electron chi connectivity index (χ3n) is 3.62. The summed E-state index contributed by atoms with van der Waals surface area (Å²) in [5.74, 6) is -3.76. The van der Waals surface area contributed by atoms with Gasteiger partial charge in [0.2, 0.25) is 5.78 Å². The van der Waals surface area contributed by atoms with Gasteiger partial charge in [-0.1, -0.05) is 0 Å². The van der Waals surface area contributed by atoms with Crippen LogP contribution in [0.1, 0.15) is 31.8 Å². The molecule has 0 unspecified atom stereocenters. The number of hydrogen-bond donors (Lipinski definition) is 2. The molecule has 0 aromatic heterocycles. The maximum absolute atomic E-state index is 12.6. The Balaban J connectivity index is 2.45. The predicted octanol–water partition coefficient (Wildman–Crippen LogP) is 1.69. The molecule has 24 heavy (non-hydrogen) atoms. The van der Waals surface area contributed by atoms with Crippen molar-refractivity contribution >= 4 is 22.9 Å². The molecule has 1 aliphatic carbocycles. The normalized spacial score (nSPS) is 12.5. The number of fused-ring (bicyclic) bond motifs is 2. The highest BCUT2D eigenvalue weighted by Crippen LogP contribution is 2.43. The Hall–Kier alpha value is -3.82. The van der Waals surface area contributed by atoms with Gasteiger partial charge >= 0.3 is 11.4 Å². The minimum Gasteiger partial charge on any atom is -0.502 e. The number of carbonyl (C=O) groups is 2. The summed E-state index contributed by atoms with van der Waals surface area (Å²) in [5.41, 5.74) is -4.23. The lowest BCUT2D eigenvalue weighted by atomic mass is 9.82. The van der Waals surface area contributed by atoms with Crippen molar-refractivity contribution in [2.75, 3.05) is 0 Å². The SMILES string of the molecule is O=C1c2ccc(O)c([N+](=O)[O-])c2C(=O)c2c1ccc(O)c2[N+](=O)[O-]. The second-order valence-corrected chi connectivity index (χ2v) is 4.88. The van der Waals surface area contributed by atoms with Crippen molar-refractivity contribution in [2.24, 2.45) is 0 Å². The summed E-state index contributed by atoms with van der Waals surface area (Å²) in [7, 11) is 0. The van der Waals surface area contributed by atoms with Crippen LogP contribution in [0.15, 0.2) is 24.3 Å². The lowest BCUT2D eigenvalue weighted by Gasteiger charge is -2.17. The van der Waals surface area contributed by atoms with E-state index < -0.39 is 55.4 Å². The standard InChI is InChI=1S/C14H6N2O8/c17-7-3-1-5-9(11(7)15(21)22)14(20)10-6(13(5)19)2-4-8(18)12(10)16(23)24/h1-4,17-18H. The molecule has 1 aliphatic rings. The van der Waals surface area contributed by atoms with Crippen molar-refractivity contribution in [1.29, 1.82) is 0 Å². The molecule has 0 saturated carbocycles. The van der Waals surface area contributed by atoms with Crippen molar-refractivity contribution < 1.29 is 29.6 Å². The van der Waals surface area contributed by atoms with Crippen molar-refractivity contribution in [3.8, 4) is 11.5 Å². The number of ketones is 2. The number of benzene rings is 2. The van der Waals surface area contributed by atoms with Crippen LogP contribution in [0.4, 0.5) is 11.4 Å². The molecule has 0 aliphatic heterocycles. The summed E-state index contributed by atoms with van der Waals surface area (Å²) < 4.78 is 0. The van der Waals surface area contributed by atoms with Crippen LogP contribution < -0.4 is 0 Å². The van der Waals surface area contributed by atoms with Gasteiger partial charge < -0.3 is 10.2 Å².